The van der Waals surface area contributed by atoms with E-state index in [2.05, 4.69) is 22.3 Å². The van der Waals surface area contributed by atoms with Gasteiger partial charge in [0.1, 0.15) is 0 Å². The first-order valence-corrected chi connectivity index (χ1v) is 6.78. The zero-order valence-electron chi connectivity index (χ0n) is 12.7. The lowest BCUT2D eigenvalue weighted by Crippen LogP contribution is -2.47. The van der Waals surface area contributed by atoms with Crippen LogP contribution < -0.4 is 5.32 Å². The van der Waals surface area contributed by atoms with E-state index in [0.717, 1.165) is 13.0 Å². The van der Waals surface area contributed by atoms with Crippen molar-refractivity contribution in [1.82, 2.24) is 10.2 Å². The minimum absolute atomic E-state index is 0.107. The Morgan fingerprint density at radius 1 is 1.21 bits per heavy atom. The molecule has 0 aromatic heterocycles. The predicted molar refractivity (Wildman–Crippen MR) is 80.1 cm³/mol. The van der Waals surface area contributed by atoms with Gasteiger partial charge in [0, 0.05) is 18.0 Å². The van der Waals surface area contributed by atoms with Crippen molar-refractivity contribution in [2.45, 2.75) is 33.2 Å². The number of hydrogen-bond donors (Lipinski definition) is 1. The van der Waals surface area contributed by atoms with Crippen LogP contribution in [0.5, 0.6) is 0 Å². The molecule has 106 valence electrons. The molecule has 1 amide bonds. The Morgan fingerprint density at radius 2 is 1.79 bits per heavy atom. The third-order valence-corrected chi connectivity index (χ3v) is 2.93. The van der Waals surface area contributed by atoms with Gasteiger partial charge in [-0.3, -0.25) is 4.79 Å². The first-order chi connectivity index (χ1) is 8.79. The normalized spacial score (nSPS) is 13.4. The molecule has 3 nitrogen and oxygen atoms in total. The number of likely N-dealkylation sites (N-methyl/N-ethyl adjacent to an activating group) is 1. The third kappa shape index (κ3) is 5.88. The monoisotopic (exact) mass is 262 g/mol. The molecule has 1 N–H and O–H groups in total. The second-order valence-electron chi connectivity index (χ2n) is 6.37. The lowest BCUT2D eigenvalue weighted by atomic mass is 9.94. The quantitative estimate of drug-likeness (QED) is 0.883. The average Bonchev–Trinajstić information content (AvgIpc) is 2.28. The first kappa shape index (κ1) is 15.7. The van der Waals surface area contributed by atoms with Crippen LogP contribution in [0.15, 0.2) is 30.3 Å². The van der Waals surface area contributed by atoms with Crippen LogP contribution in [0.25, 0.3) is 0 Å². The highest BCUT2D eigenvalue weighted by atomic mass is 16.2. The molecule has 0 spiro atoms. The van der Waals surface area contributed by atoms with Crippen molar-refractivity contribution in [1.29, 1.82) is 0 Å². The number of hydrogen-bond acceptors (Lipinski definition) is 2. The molecule has 0 radical (unpaired) electrons. The van der Waals surface area contributed by atoms with Gasteiger partial charge in [-0.2, -0.15) is 0 Å². The lowest BCUT2D eigenvalue weighted by Gasteiger charge is -2.26. The molecule has 0 bridgehead atoms. The largest absolute Gasteiger partial charge is 0.351 e. The zero-order valence-corrected chi connectivity index (χ0v) is 12.7. The molecule has 3 heteroatoms. The molecule has 1 unspecified atom stereocenters. The molecule has 1 atom stereocenters. The number of nitrogens with zero attached hydrogens (tertiary/aromatic N) is 1. The maximum atomic E-state index is 12.1. The maximum Gasteiger partial charge on any atom is 0.225 e. The van der Waals surface area contributed by atoms with Crippen LogP contribution in [-0.2, 0) is 11.2 Å². The third-order valence-electron chi connectivity index (χ3n) is 2.93. The van der Waals surface area contributed by atoms with E-state index >= 15 is 0 Å². The second kappa shape index (κ2) is 6.71. The fourth-order valence-corrected chi connectivity index (χ4v) is 1.90. The van der Waals surface area contributed by atoms with Crippen molar-refractivity contribution in [2.24, 2.45) is 5.41 Å². The Bertz CT molecular complexity index is 393. The second-order valence-corrected chi connectivity index (χ2v) is 6.37. The number of carbonyl (C=O) groups excluding carboxylic acids is 1. The molecule has 1 aromatic carbocycles. The summed E-state index contributed by atoms with van der Waals surface area (Å²) >= 11 is 0. The average molecular weight is 262 g/mol. The van der Waals surface area contributed by atoms with Crippen molar-refractivity contribution < 1.29 is 4.79 Å². The molecule has 0 saturated carbocycles. The molecule has 0 aliphatic heterocycles. The van der Waals surface area contributed by atoms with E-state index < -0.39 is 0 Å². The van der Waals surface area contributed by atoms with Crippen LogP contribution in [0.4, 0.5) is 0 Å². The van der Waals surface area contributed by atoms with Crippen molar-refractivity contribution >= 4 is 5.91 Å². The van der Waals surface area contributed by atoms with Crippen LogP contribution >= 0.6 is 0 Å². The minimum Gasteiger partial charge on any atom is -0.351 e. The lowest BCUT2D eigenvalue weighted by molar-refractivity contribution is -0.129. The fourth-order valence-electron chi connectivity index (χ4n) is 1.90. The first-order valence-electron chi connectivity index (χ1n) is 6.78. The Hall–Kier alpha value is -1.35. The summed E-state index contributed by atoms with van der Waals surface area (Å²) in [5.74, 6) is 0.107. The summed E-state index contributed by atoms with van der Waals surface area (Å²) in [6.07, 6.45) is 0.862. The molecule has 19 heavy (non-hydrogen) atoms. The van der Waals surface area contributed by atoms with Crippen LogP contribution in [0.1, 0.15) is 26.3 Å². The van der Waals surface area contributed by atoms with E-state index in [9.17, 15) is 4.79 Å². The Balaban J connectivity index is 2.70. The minimum atomic E-state index is -0.346. The van der Waals surface area contributed by atoms with Gasteiger partial charge in [0.25, 0.3) is 0 Å². The number of amides is 1. The molecule has 0 aliphatic carbocycles. The van der Waals surface area contributed by atoms with Crippen LogP contribution in [0, 0.1) is 5.41 Å². The summed E-state index contributed by atoms with van der Waals surface area (Å²) in [7, 11) is 4.06. The predicted octanol–water partition coefficient (Wildman–Crippen LogP) is 2.32. The highest BCUT2D eigenvalue weighted by Gasteiger charge is 2.24. The van der Waals surface area contributed by atoms with E-state index in [4.69, 9.17) is 0 Å². The highest BCUT2D eigenvalue weighted by molar-refractivity contribution is 5.81. The maximum absolute atomic E-state index is 12.1. The van der Waals surface area contributed by atoms with Crippen LogP contribution in [0.2, 0.25) is 0 Å². The fraction of sp³-hybridized carbons (Fsp3) is 0.562. The van der Waals surface area contributed by atoms with Gasteiger partial charge in [-0.15, -0.1) is 0 Å². The number of rotatable bonds is 5. The van der Waals surface area contributed by atoms with Gasteiger partial charge >= 0.3 is 0 Å². The van der Waals surface area contributed by atoms with Gasteiger partial charge in [0.2, 0.25) is 5.91 Å². The number of carbonyl (C=O) groups is 1. The van der Waals surface area contributed by atoms with Crippen molar-refractivity contribution in [2.75, 3.05) is 20.6 Å². The summed E-state index contributed by atoms with van der Waals surface area (Å²) < 4.78 is 0. The summed E-state index contributed by atoms with van der Waals surface area (Å²) in [5, 5.41) is 3.16. The van der Waals surface area contributed by atoms with Crippen LogP contribution in [0.3, 0.4) is 0 Å². The van der Waals surface area contributed by atoms with Gasteiger partial charge in [-0.25, -0.2) is 0 Å². The summed E-state index contributed by atoms with van der Waals surface area (Å²) in [6, 6.07) is 10.4. The molecular weight excluding hydrogens is 236 g/mol. The van der Waals surface area contributed by atoms with Gasteiger partial charge < -0.3 is 10.2 Å². The molecule has 1 aromatic rings. The smallest absolute Gasteiger partial charge is 0.225 e. The summed E-state index contributed by atoms with van der Waals surface area (Å²) in [5.41, 5.74) is 0.907. The van der Waals surface area contributed by atoms with Gasteiger partial charge in [0.15, 0.2) is 0 Å². The Kier molecular flexibility index (Phi) is 5.55. The van der Waals surface area contributed by atoms with E-state index in [1.54, 1.807) is 0 Å². The molecular formula is C16H26N2O. The molecule has 0 fully saturated rings. The number of nitrogens with one attached hydrogen (secondary N) is 1. The highest BCUT2D eigenvalue weighted by Crippen LogP contribution is 2.14. The molecule has 0 heterocycles. The summed E-state index contributed by atoms with van der Waals surface area (Å²) in [6.45, 7) is 6.67. The van der Waals surface area contributed by atoms with Crippen molar-refractivity contribution in [3.63, 3.8) is 0 Å². The summed E-state index contributed by atoms with van der Waals surface area (Å²) in [4.78, 5) is 14.2. The van der Waals surface area contributed by atoms with Crippen molar-refractivity contribution in [3.05, 3.63) is 35.9 Å². The number of benzene rings is 1. The van der Waals surface area contributed by atoms with E-state index in [1.807, 2.05) is 53.1 Å². The van der Waals surface area contributed by atoms with Gasteiger partial charge in [-0.05, 0) is 26.1 Å². The Labute approximate surface area is 117 Å². The van der Waals surface area contributed by atoms with Crippen LogP contribution in [-0.4, -0.2) is 37.5 Å². The van der Waals surface area contributed by atoms with Gasteiger partial charge in [0.05, 0.1) is 0 Å². The van der Waals surface area contributed by atoms with E-state index in [0.29, 0.717) is 0 Å². The van der Waals surface area contributed by atoms with E-state index in [-0.39, 0.29) is 17.4 Å². The molecule has 1 rings (SSSR count). The standard InChI is InChI=1S/C16H26N2O/c1-16(2,3)15(19)17-14(12-18(4)5)11-13-9-7-6-8-10-13/h6-10,14H,11-12H2,1-5H3,(H,17,19). The topological polar surface area (TPSA) is 32.3 Å². The van der Waals surface area contributed by atoms with Gasteiger partial charge in [-0.1, -0.05) is 51.1 Å². The molecule has 0 aliphatic rings. The van der Waals surface area contributed by atoms with Crippen molar-refractivity contribution in [3.8, 4) is 0 Å². The molecule has 0 saturated heterocycles. The SMILES string of the molecule is CN(C)CC(Cc1ccccc1)NC(=O)C(C)(C)C. The Morgan fingerprint density at radius 3 is 2.26 bits per heavy atom. The van der Waals surface area contributed by atoms with E-state index in [1.165, 1.54) is 5.56 Å². The zero-order chi connectivity index (χ0) is 14.5.